The summed E-state index contributed by atoms with van der Waals surface area (Å²) in [5, 5.41) is 3.06. The highest BCUT2D eigenvalue weighted by atomic mass is 16.5. The van der Waals surface area contributed by atoms with Crippen molar-refractivity contribution in [3.63, 3.8) is 0 Å². The Labute approximate surface area is 140 Å². The summed E-state index contributed by atoms with van der Waals surface area (Å²) in [4.78, 5) is 25.9. The van der Waals surface area contributed by atoms with Gasteiger partial charge in [-0.25, -0.2) is 0 Å². The number of amides is 2. The molecule has 2 atom stereocenters. The quantitative estimate of drug-likeness (QED) is 0.844. The van der Waals surface area contributed by atoms with Crippen molar-refractivity contribution >= 4 is 11.8 Å². The Balaban J connectivity index is 1.68. The molecule has 2 fully saturated rings. The molecule has 5 heteroatoms. The predicted molar refractivity (Wildman–Crippen MR) is 90.0 cm³/mol. The van der Waals surface area contributed by atoms with E-state index in [0.29, 0.717) is 19.0 Å². The molecular formula is C18H32N2O3. The fourth-order valence-electron chi connectivity index (χ4n) is 3.44. The third-order valence-electron chi connectivity index (χ3n) is 5.17. The van der Waals surface area contributed by atoms with Crippen molar-refractivity contribution in [2.24, 2.45) is 11.8 Å². The van der Waals surface area contributed by atoms with Gasteiger partial charge in [0.2, 0.25) is 11.8 Å². The van der Waals surface area contributed by atoms with Crippen LogP contribution in [0.5, 0.6) is 0 Å². The van der Waals surface area contributed by atoms with E-state index < -0.39 is 0 Å². The lowest BCUT2D eigenvalue weighted by Crippen LogP contribution is -2.48. The van der Waals surface area contributed by atoms with Gasteiger partial charge in [-0.2, -0.15) is 0 Å². The predicted octanol–water partition coefficient (Wildman–Crippen LogP) is 2.34. The van der Waals surface area contributed by atoms with Crippen LogP contribution in [0, 0.1) is 11.8 Å². The Morgan fingerprint density at radius 1 is 1.13 bits per heavy atom. The second kappa shape index (κ2) is 8.67. The maximum absolute atomic E-state index is 12.3. The molecule has 1 N–H and O–H groups in total. The number of ether oxygens (including phenoxy) is 1. The van der Waals surface area contributed by atoms with E-state index in [1.165, 1.54) is 19.3 Å². The van der Waals surface area contributed by atoms with Crippen LogP contribution in [0.25, 0.3) is 0 Å². The normalized spacial score (nSPS) is 26.3. The lowest BCUT2D eigenvalue weighted by atomic mass is 9.88. The summed E-state index contributed by atoms with van der Waals surface area (Å²) >= 11 is 0. The van der Waals surface area contributed by atoms with E-state index in [1.54, 1.807) is 0 Å². The van der Waals surface area contributed by atoms with Crippen molar-refractivity contribution in [3.8, 4) is 0 Å². The summed E-state index contributed by atoms with van der Waals surface area (Å²) in [5.41, 5.74) is 0. The molecule has 0 unspecified atom stereocenters. The zero-order valence-corrected chi connectivity index (χ0v) is 14.8. The molecule has 132 valence electrons. The highest BCUT2D eigenvalue weighted by Crippen LogP contribution is 2.26. The van der Waals surface area contributed by atoms with Gasteiger partial charge in [0, 0.05) is 25.0 Å². The summed E-state index contributed by atoms with van der Waals surface area (Å²) < 4.78 is 5.87. The molecule has 0 aromatic heterocycles. The Morgan fingerprint density at radius 3 is 2.39 bits per heavy atom. The van der Waals surface area contributed by atoms with E-state index >= 15 is 0 Å². The molecule has 0 bridgehead atoms. The standard InChI is InChI=1S/C18H32N2O3/c1-13(2)18(22)19-15-8-10-20(11-9-15)17(21)12-23-16-7-5-4-6-14(16)3/h13-16H,4-12H2,1-3H3,(H,19,22)/t14-,16-/m0/s1. The molecule has 1 saturated heterocycles. The number of piperidine rings is 1. The second-order valence-electron chi connectivity index (χ2n) is 7.43. The molecule has 2 amide bonds. The molecule has 0 spiro atoms. The minimum absolute atomic E-state index is 0.0144. The molecule has 5 nitrogen and oxygen atoms in total. The Bertz CT molecular complexity index is 403. The van der Waals surface area contributed by atoms with Gasteiger partial charge in [0.05, 0.1) is 6.10 Å². The van der Waals surface area contributed by atoms with Crippen LogP contribution >= 0.6 is 0 Å². The van der Waals surface area contributed by atoms with Crippen molar-refractivity contribution < 1.29 is 14.3 Å². The van der Waals surface area contributed by atoms with Crippen LogP contribution in [0.15, 0.2) is 0 Å². The highest BCUT2D eigenvalue weighted by Gasteiger charge is 2.27. The molecule has 1 saturated carbocycles. The first-order valence-corrected chi connectivity index (χ1v) is 9.17. The van der Waals surface area contributed by atoms with Crippen molar-refractivity contribution in [2.45, 2.75) is 71.4 Å². The van der Waals surface area contributed by atoms with Gasteiger partial charge < -0.3 is 15.0 Å². The van der Waals surface area contributed by atoms with Crippen LogP contribution in [0.3, 0.4) is 0 Å². The number of nitrogens with zero attached hydrogens (tertiary/aromatic N) is 1. The SMILES string of the molecule is CC(C)C(=O)NC1CCN(C(=O)CO[C@H]2CCCC[C@@H]2C)CC1. The lowest BCUT2D eigenvalue weighted by Gasteiger charge is -2.34. The Morgan fingerprint density at radius 2 is 1.78 bits per heavy atom. The number of hydrogen-bond acceptors (Lipinski definition) is 3. The fourth-order valence-corrected chi connectivity index (χ4v) is 3.44. The van der Waals surface area contributed by atoms with E-state index in [4.69, 9.17) is 4.74 Å². The molecule has 0 aromatic rings. The maximum atomic E-state index is 12.3. The topological polar surface area (TPSA) is 58.6 Å². The monoisotopic (exact) mass is 324 g/mol. The molecule has 2 aliphatic rings. The second-order valence-corrected chi connectivity index (χ2v) is 7.43. The van der Waals surface area contributed by atoms with Crippen LogP contribution in [-0.2, 0) is 14.3 Å². The minimum atomic E-state index is 0.0144. The van der Waals surface area contributed by atoms with Gasteiger partial charge in [-0.1, -0.05) is 33.6 Å². The van der Waals surface area contributed by atoms with Gasteiger partial charge in [-0.15, -0.1) is 0 Å². The first-order valence-electron chi connectivity index (χ1n) is 9.17. The van der Waals surface area contributed by atoms with Crippen molar-refractivity contribution in [3.05, 3.63) is 0 Å². The van der Waals surface area contributed by atoms with E-state index in [9.17, 15) is 9.59 Å². The first kappa shape index (κ1) is 18.2. The fraction of sp³-hybridized carbons (Fsp3) is 0.889. The van der Waals surface area contributed by atoms with Crippen LogP contribution in [0.2, 0.25) is 0 Å². The Kier molecular flexibility index (Phi) is 6.88. The summed E-state index contributed by atoms with van der Waals surface area (Å²) in [6.07, 6.45) is 6.70. The van der Waals surface area contributed by atoms with E-state index in [2.05, 4.69) is 12.2 Å². The molecule has 1 aliphatic carbocycles. The van der Waals surface area contributed by atoms with Gasteiger partial charge >= 0.3 is 0 Å². The average molecular weight is 324 g/mol. The van der Waals surface area contributed by atoms with Crippen LogP contribution in [0.4, 0.5) is 0 Å². The number of hydrogen-bond donors (Lipinski definition) is 1. The lowest BCUT2D eigenvalue weighted by molar-refractivity contribution is -0.141. The first-order chi connectivity index (χ1) is 11.0. The highest BCUT2D eigenvalue weighted by molar-refractivity contribution is 5.79. The third-order valence-corrected chi connectivity index (χ3v) is 5.17. The van der Waals surface area contributed by atoms with E-state index in [0.717, 1.165) is 19.3 Å². The number of nitrogens with one attached hydrogen (secondary N) is 1. The number of rotatable bonds is 5. The van der Waals surface area contributed by atoms with Crippen molar-refractivity contribution in [1.82, 2.24) is 10.2 Å². The number of likely N-dealkylation sites (tertiary alicyclic amines) is 1. The zero-order chi connectivity index (χ0) is 16.8. The van der Waals surface area contributed by atoms with Gasteiger partial charge in [-0.3, -0.25) is 9.59 Å². The molecular weight excluding hydrogens is 292 g/mol. The number of carbonyl (C=O) groups excluding carboxylic acids is 2. The van der Waals surface area contributed by atoms with E-state index in [1.807, 2.05) is 18.7 Å². The number of carbonyl (C=O) groups is 2. The van der Waals surface area contributed by atoms with Crippen LogP contribution < -0.4 is 5.32 Å². The largest absolute Gasteiger partial charge is 0.368 e. The average Bonchev–Trinajstić information content (AvgIpc) is 2.54. The van der Waals surface area contributed by atoms with Crippen LogP contribution in [0.1, 0.15) is 59.3 Å². The van der Waals surface area contributed by atoms with Gasteiger partial charge in [0.15, 0.2) is 0 Å². The molecule has 1 aliphatic heterocycles. The van der Waals surface area contributed by atoms with Crippen LogP contribution in [-0.4, -0.2) is 48.6 Å². The summed E-state index contributed by atoms with van der Waals surface area (Å²) in [6.45, 7) is 7.65. The molecule has 1 heterocycles. The minimum Gasteiger partial charge on any atom is -0.368 e. The smallest absolute Gasteiger partial charge is 0.248 e. The molecule has 0 aromatic carbocycles. The maximum Gasteiger partial charge on any atom is 0.248 e. The van der Waals surface area contributed by atoms with Crippen molar-refractivity contribution in [1.29, 1.82) is 0 Å². The zero-order valence-electron chi connectivity index (χ0n) is 14.8. The van der Waals surface area contributed by atoms with Gasteiger partial charge in [0.25, 0.3) is 0 Å². The third kappa shape index (κ3) is 5.48. The summed E-state index contributed by atoms with van der Waals surface area (Å²) in [6, 6.07) is 0.202. The molecule has 23 heavy (non-hydrogen) atoms. The summed E-state index contributed by atoms with van der Waals surface area (Å²) in [7, 11) is 0. The van der Waals surface area contributed by atoms with Gasteiger partial charge in [0.1, 0.15) is 6.61 Å². The molecule has 2 rings (SSSR count). The van der Waals surface area contributed by atoms with Crippen molar-refractivity contribution in [2.75, 3.05) is 19.7 Å². The Hall–Kier alpha value is -1.10. The molecule has 0 radical (unpaired) electrons. The summed E-state index contributed by atoms with van der Waals surface area (Å²) in [5.74, 6) is 0.773. The van der Waals surface area contributed by atoms with E-state index in [-0.39, 0.29) is 36.5 Å². The van der Waals surface area contributed by atoms with Gasteiger partial charge in [-0.05, 0) is 31.6 Å².